The van der Waals surface area contributed by atoms with Gasteiger partial charge in [-0.1, -0.05) is 22.9 Å². The van der Waals surface area contributed by atoms with Crippen LogP contribution in [0.2, 0.25) is 0 Å². The molecule has 1 fully saturated rings. The van der Waals surface area contributed by atoms with Crippen LogP contribution in [-0.4, -0.2) is 25.2 Å². The fourth-order valence-electron chi connectivity index (χ4n) is 2.32. The van der Waals surface area contributed by atoms with Crippen molar-refractivity contribution in [1.29, 1.82) is 0 Å². The molecule has 1 aliphatic heterocycles. The number of nitrogens with zero attached hydrogens (tertiary/aromatic N) is 1. The van der Waals surface area contributed by atoms with Crippen LogP contribution in [0.4, 0.5) is 14.5 Å². The average Bonchev–Trinajstić information content (AvgIpc) is 2.30. The second-order valence-corrected chi connectivity index (χ2v) is 5.65. The first-order chi connectivity index (χ1) is 8.52. The monoisotopic (exact) mass is 318 g/mol. The van der Waals surface area contributed by atoms with Gasteiger partial charge in [-0.3, -0.25) is 0 Å². The minimum Gasteiger partial charge on any atom is -0.361 e. The number of anilines is 1. The Bertz CT molecular complexity index is 416. The smallest absolute Gasteiger partial charge is 0.150 e. The molecule has 1 aromatic carbocycles. The molecule has 1 saturated heterocycles. The minimum atomic E-state index is -0.509. The predicted octanol–water partition coefficient (Wildman–Crippen LogP) is 3.30. The zero-order valence-corrected chi connectivity index (χ0v) is 12.1. The largest absolute Gasteiger partial charge is 0.361 e. The second-order valence-electron chi connectivity index (χ2n) is 4.73. The second kappa shape index (κ2) is 5.53. The van der Waals surface area contributed by atoms with Gasteiger partial charge in [0.25, 0.3) is 0 Å². The lowest BCUT2D eigenvalue weighted by atomic mass is 10.1. The number of hydrogen-bond donors (Lipinski definition) is 1. The highest BCUT2D eigenvalue weighted by Gasteiger charge is 2.28. The fourth-order valence-corrected chi connectivity index (χ4v) is 2.73. The summed E-state index contributed by atoms with van der Waals surface area (Å²) in [5.41, 5.74) is 0.0886. The molecule has 5 heteroatoms. The molecule has 2 atom stereocenters. The molecular formula is C13H17BrF2N2. The standard InChI is InChI=1S/C13H17BrF2N2/c1-3-10-7-18(8(2)6-17-10)13-11(15)4-9(14)5-12(13)16/h4-5,8,10,17H,3,6-7H2,1-2H3. The molecule has 2 nitrogen and oxygen atoms in total. The van der Waals surface area contributed by atoms with E-state index in [9.17, 15) is 8.78 Å². The summed E-state index contributed by atoms with van der Waals surface area (Å²) in [4.78, 5) is 1.82. The number of benzene rings is 1. The van der Waals surface area contributed by atoms with Gasteiger partial charge >= 0.3 is 0 Å². The zero-order valence-electron chi connectivity index (χ0n) is 10.5. The highest BCUT2D eigenvalue weighted by atomic mass is 79.9. The first kappa shape index (κ1) is 13.7. The van der Waals surface area contributed by atoms with Crippen LogP contribution in [0.5, 0.6) is 0 Å². The Kier molecular flexibility index (Phi) is 4.22. The zero-order chi connectivity index (χ0) is 13.3. The predicted molar refractivity (Wildman–Crippen MR) is 72.9 cm³/mol. The highest BCUT2D eigenvalue weighted by Crippen LogP contribution is 2.29. The Morgan fingerprint density at radius 1 is 1.39 bits per heavy atom. The maximum atomic E-state index is 14.0. The van der Waals surface area contributed by atoms with Gasteiger partial charge in [0.1, 0.15) is 5.69 Å². The van der Waals surface area contributed by atoms with E-state index in [2.05, 4.69) is 28.2 Å². The van der Waals surface area contributed by atoms with Crippen molar-refractivity contribution >= 4 is 21.6 Å². The molecule has 0 radical (unpaired) electrons. The molecule has 1 aromatic rings. The Morgan fingerprint density at radius 2 is 2.00 bits per heavy atom. The first-order valence-corrected chi connectivity index (χ1v) is 6.96. The Morgan fingerprint density at radius 3 is 2.56 bits per heavy atom. The van der Waals surface area contributed by atoms with E-state index in [1.807, 2.05) is 11.8 Å². The van der Waals surface area contributed by atoms with Gasteiger partial charge in [0.05, 0.1) is 0 Å². The van der Waals surface area contributed by atoms with Crippen LogP contribution in [0.1, 0.15) is 20.3 Å². The maximum Gasteiger partial charge on any atom is 0.150 e. The number of halogens is 3. The topological polar surface area (TPSA) is 15.3 Å². The summed E-state index contributed by atoms with van der Waals surface area (Å²) < 4.78 is 28.4. The minimum absolute atomic E-state index is 0.0815. The molecule has 0 saturated carbocycles. The highest BCUT2D eigenvalue weighted by molar-refractivity contribution is 9.10. The molecule has 2 rings (SSSR count). The summed E-state index contributed by atoms with van der Waals surface area (Å²) in [6.45, 7) is 5.42. The first-order valence-electron chi connectivity index (χ1n) is 6.17. The average molecular weight is 319 g/mol. The molecule has 100 valence electrons. The molecule has 0 spiro atoms. The van der Waals surface area contributed by atoms with E-state index in [1.54, 1.807) is 0 Å². The van der Waals surface area contributed by atoms with Crippen LogP contribution >= 0.6 is 15.9 Å². The molecule has 18 heavy (non-hydrogen) atoms. The summed E-state index contributed by atoms with van der Waals surface area (Å²) in [6.07, 6.45) is 0.947. The van der Waals surface area contributed by atoms with Crippen molar-refractivity contribution in [2.75, 3.05) is 18.0 Å². The van der Waals surface area contributed by atoms with Gasteiger partial charge < -0.3 is 10.2 Å². The SMILES string of the molecule is CCC1CN(c2c(F)cc(Br)cc2F)C(C)CN1. The molecule has 1 N–H and O–H groups in total. The lowest BCUT2D eigenvalue weighted by Crippen LogP contribution is -2.55. The van der Waals surface area contributed by atoms with Crippen molar-refractivity contribution in [2.24, 2.45) is 0 Å². The van der Waals surface area contributed by atoms with Crippen LogP contribution in [-0.2, 0) is 0 Å². The van der Waals surface area contributed by atoms with E-state index in [0.29, 0.717) is 11.0 Å². The summed E-state index contributed by atoms with van der Waals surface area (Å²) in [5.74, 6) is -1.02. The number of nitrogens with one attached hydrogen (secondary N) is 1. The Balaban J connectivity index is 2.34. The Hall–Kier alpha value is -0.680. The van der Waals surface area contributed by atoms with Gasteiger partial charge in [-0.25, -0.2) is 8.78 Å². The number of hydrogen-bond acceptors (Lipinski definition) is 2. The summed E-state index contributed by atoms with van der Waals surface area (Å²) in [6, 6.07) is 2.99. The van der Waals surface area contributed by atoms with Gasteiger partial charge in [-0.15, -0.1) is 0 Å². The lowest BCUT2D eigenvalue weighted by molar-refractivity contribution is 0.389. The number of piperazine rings is 1. The van der Waals surface area contributed by atoms with Gasteiger partial charge in [0, 0.05) is 29.6 Å². The van der Waals surface area contributed by atoms with Crippen molar-refractivity contribution in [3.05, 3.63) is 28.2 Å². The molecule has 2 unspecified atom stereocenters. The number of rotatable bonds is 2. The van der Waals surface area contributed by atoms with E-state index in [0.717, 1.165) is 13.0 Å². The third-order valence-electron chi connectivity index (χ3n) is 3.41. The summed E-state index contributed by atoms with van der Waals surface area (Å²) in [5, 5.41) is 3.37. The van der Waals surface area contributed by atoms with Crippen molar-refractivity contribution in [3.63, 3.8) is 0 Å². The van der Waals surface area contributed by atoms with Crippen molar-refractivity contribution in [2.45, 2.75) is 32.4 Å². The van der Waals surface area contributed by atoms with Gasteiger partial charge in [0.2, 0.25) is 0 Å². The summed E-state index contributed by atoms with van der Waals surface area (Å²) in [7, 11) is 0. The van der Waals surface area contributed by atoms with Crippen LogP contribution in [0.25, 0.3) is 0 Å². The molecule has 0 aromatic heterocycles. The van der Waals surface area contributed by atoms with Crippen LogP contribution < -0.4 is 10.2 Å². The third kappa shape index (κ3) is 2.67. The van der Waals surface area contributed by atoms with E-state index < -0.39 is 11.6 Å². The van der Waals surface area contributed by atoms with E-state index in [-0.39, 0.29) is 17.8 Å². The molecule has 1 heterocycles. The van der Waals surface area contributed by atoms with E-state index >= 15 is 0 Å². The fraction of sp³-hybridized carbons (Fsp3) is 0.538. The quantitative estimate of drug-likeness (QED) is 0.900. The third-order valence-corrected chi connectivity index (χ3v) is 3.87. The van der Waals surface area contributed by atoms with Crippen LogP contribution in [0.15, 0.2) is 16.6 Å². The van der Waals surface area contributed by atoms with Gasteiger partial charge in [-0.2, -0.15) is 0 Å². The summed E-state index contributed by atoms with van der Waals surface area (Å²) >= 11 is 3.10. The maximum absolute atomic E-state index is 14.0. The van der Waals surface area contributed by atoms with Crippen molar-refractivity contribution < 1.29 is 8.78 Å². The van der Waals surface area contributed by atoms with Gasteiger partial charge in [-0.05, 0) is 25.5 Å². The molecular weight excluding hydrogens is 302 g/mol. The molecule has 0 bridgehead atoms. The molecule has 1 aliphatic rings. The van der Waals surface area contributed by atoms with Gasteiger partial charge in [0.15, 0.2) is 11.6 Å². The Labute approximate surface area is 114 Å². The molecule has 0 aliphatic carbocycles. The van der Waals surface area contributed by atoms with Crippen molar-refractivity contribution in [1.82, 2.24) is 5.32 Å². The van der Waals surface area contributed by atoms with Crippen molar-refractivity contribution in [3.8, 4) is 0 Å². The van der Waals surface area contributed by atoms with Crippen LogP contribution in [0, 0.1) is 11.6 Å². The van der Waals surface area contributed by atoms with E-state index in [4.69, 9.17) is 0 Å². The molecule has 0 amide bonds. The normalized spacial score (nSPS) is 24.4. The van der Waals surface area contributed by atoms with E-state index in [1.165, 1.54) is 12.1 Å². The lowest BCUT2D eigenvalue weighted by Gasteiger charge is -2.40. The van der Waals surface area contributed by atoms with Crippen LogP contribution in [0.3, 0.4) is 0 Å².